The van der Waals surface area contributed by atoms with Gasteiger partial charge in [0.1, 0.15) is 6.54 Å². The van der Waals surface area contributed by atoms with Crippen LogP contribution in [0.25, 0.3) is 0 Å². The molecule has 0 aliphatic carbocycles. The first-order chi connectivity index (χ1) is 3.13. The van der Waals surface area contributed by atoms with E-state index in [1.807, 2.05) is 0 Å². The Morgan fingerprint density at radius 3 is 1.88 bits per heavy atom. The molecular formula is C2H6NNaO4. The van der Waals surface area contributed by atoms with E-state index in [0.29, 0.717) is 0 Å². The van der Waals surface area contributed by atoms with Crippen molar-refractivity contribution in [2.75, 3.05) is 6.54 Å². The van der Waals surface area contributed by atoms with Gasteiger partial charge in [0.2, 0.25) is 0 Å². The van der Waals surface area contributed by atoms with Gasteiger partial charge in [0.05, 0.1) is 0 Å². The quantitative estimate of drug-likeness (QED) is 0.314. The molecule has 0 rings (SSSR count). The van der Waals surface area contributed by atoms with E-state index in [1.54, 1.807) is 0 Å². The molecule has 0 spiro atoms. The molecule has 3 N–H and O–H groups in total. The van der Waals surface area contributed by atoms with Crippen LogP contribution in [-0.4, -0.2) is 62.8 Å². The minimum absolute atomic E-state index is 0. The third-order valence-corrected chi connectivity index (χ3v) is 0.277. The van der Waals surface area contributed by atoms with Gasteiger partial charge >= 0.3 is 35.5 Å². The summed E-state index contributed by atoms with van der Waals surface area (Å²) in [4.78, 5) is 9.45. The van der Waals surface area contributed by atoms with E-state index < -0.39 is 17.7 Å². The van der Waals surface area contributed by atoms with Crippen molar-refractivity contribution in [1.82, 2.24) is 5.23 Å². The maximum atomic E-state index is 9.45. The third kappa shape index (κ3) is 9.61. The Labute approximate surface area is 67.7 Å². The molecule has 0 bridgehead atoms. The normalized spacial score (nSPS) is 8.38. The van der Waals surface area contributed by atoms with Gasteiger partial charge in [0.25, 0.3) is 0 Å². The fourth-order valence-corrected chi connectivity index (χ4v) is 0.121. The molecule has 0 radical (unpaired) electrons. The zero-order valence-electron chi connectivity index (χ0n) is 3.40. The number of hydrogen-bond donors (Lipinski definition) is 3. The van der Waals surface area contributed by atoms with Crippen LogP contribution in [0, 0.1) is 0 Å². The number of rotatable bonds is 2. The van der Waals surface area contributed by atoms with E-state index in [1.165, 1.54) is 0 Å². The molecule has 0 aliphatic heterocycles. The van der Waals surface area contributed by atoms with Crippen molar-refractivity contribution in [2.24, 2.45) is 0 Å². The summed E-state index contributed by atoms with van der Waals surface area (Å²) in [6.45, 7) is -0.778. The van der Waals surface area contributed by atoms with E-state index in [0.717, 1.165) is 0 Å². The van der Waals surface area contributed by atoms with Crippen LogP contribution in [0.4, 0.5) is 0 Å². The standard InChI is InChI=1S/C2H5NO4.Na.H/c4-2(5)1-3(6)7;;/h6-7H,1H2,(H,4,5);;. The van der Waals surface area contributed by atoms with Gasteiger partial charge in [-0.25, -0.2) is 0 Å². The number of nitrogens with zero attached hydrogens (tertiary/aromatic N) is 1. The summed E-state index contributed by atoms with van der Waals surface area (Å²) in [6.07, 6.45) is 0. The first-order valence-electron chi connectivity index (χ1n) is 1.50. The molecule has 0 amide bonds. The number of hydrogen-bond acceptors (Lipinski definition) is 4. The van der Waals surface area contributed by atoms with E-state index in [2.05, 4.69) is 0 Å². The monoisotopic (exact) mass is 131 g/mol. The van der Waals surface area contributed by atoms with Gasteiger partial charge in [-0.2, -0.15) is 0 Å². The Bertz CT molecular complexity index is 74.4. The number of carbonyl (C=O) groups is 1. The summed E-state index contributed by atoms with van der Waals surface area (Å²) in [5.74, 6) is -1.29. The van der Waals surface area contributed by atoms with Gasteiger partial charge in [0, 0.05) is 0 Å². The molecule has 8 heavy (non-hydrogen) atoms. The summed E-state index contributed by atoms with van der Waals surface area (Å²) in [6, 6.07) is 0. The zero-order valence-corrected chi connectivity index (χ0v) is 3.40. The van der Waals surface area contributed by atoms with Crippen molar-refractivity contribution in [3.05, 3.63) is 0 Å². The molecule has 0 saturated heterocycles. The predicted molar refractivity (Wildman–Crippen MR) is 25.1 cm³/mol. The molecule has 44 valence electrons. The van der Waals surface area contributed by atoms with Crippen LogP contribution in [0.2, 0.25) is 0 Å². The van der Waals surface area contributed by atoms with Crippen LogP contribution in [0.15, 0.2) is 0 Å². The predicted octanol–water partition coefficient (Wildman–Crippen LogP) is -1.50. The Hall–Kier alpha value is 0.350. The number of carboxylic acids is 1. The van der Waals surface area contributed by atoms with Gasteiger partial charge in [0.15, 0.2) is 0 Å². The summed E-state index contributed by atoms with van der Waals surface area (Å²) in [5.41, 5.74) is 0. The van der Waals surface area contributed by atoms with Gasteiger partial charge in [-0.15, -0.1) is 0 Å². The van der Waals surface area contributed by atoms with Crippen LogP contribution >= 0.6 is 0 Å². The Morgan fingerprint density at radius 2 is 1.88 bits per heavy atom. The SMILES string of the molecule is O=C(O)CN(O)O.[NaH]. The molecule has 0 aromatic heterocycles. The van der Waals surface area contributed by atoms with Crippen molar-refractivity contribution in [1.29, 1.82) is 0 Å². The molecule has 0 aromatic rings. The molecule has 0 saturated carbocycles. The molecule has 0 atom stereocenters. The fourth-order valence-electron chi connectivity index (χ4n) is 0.121. The fraction of sp³-hybridized carbons (Fsp3) is 0.500. The summed E-state index contributed by atoms with van der Waals surface area (Å²) < 4.78 is 0. The van der Waals surface area contributed by atoms with E-state index in [-0.39, 0.29) is 29.6 Å². The zero-order chi connectivity index (χ0) is 5.86. The first-order valence-corrected chi connectivity index (χ1v) is 1.50. The number of hydroxylamine groups is 2. The van der Waals surface area contributed by atoms with Gasteiger partial charge in [-0.3, -0.25) is 15.2 Å². The second kappa shape index (κ2) is 5.49. The van der Waals surface area contributed by atoms with Crippen LogP contribution in [0.3, 0.4) is 0 Å². The van der Waals surface area contributed by atoms with Gasteiger partial charge < -0.3 is 5.11 Å². The Kier molecular flexibility index (Phi) is 7.67. The molecular weight excluding hydrogens is 125 g/mol. The van der Waals surface area contributed by atoms with Gasteiger partial charge in [-0.05, 0) is 0 Å². The van der Waals surface area contributed by atoms with Crippen LogP contribution < -0.4 is 0 Å². The average molecular weight is 131 g/mol. The number of aliphatic carboxylic acids is 1. The number of carboxylic acid groups (broad SMARTS) is 1. The van der Waals surface area contributed by atoms with Crippen LogP contribution in [-0.2, 0) is 4.79 Å². The van der Waals surface area contributed by atoms with Crippen molar-refractivity contribution in [3.63, 3.8) is 0 Å². The Morgan fingerprint density at radius 1 is 1.50 bits per heavy atom. The van der Waals surface area contributed by atoms with Crippen molar-refractivity contribution >= 4 is 35.5 Å². The van der Waals surface area contributed by atoms with E-state index >= 15 is 0 Å². The van der Waals surface area contributed by atoms with Crippen molar-refractivity contribution in [2.45, 2.75) is 0 Å². The summed E-state index contributed by atoms with van der Waals surface area (Å²) in [5, 5.41) is 22.8. The maximum absolute atomic E-state index is 9.45. The molecule has 0 unspecified atom stereocenters. The van der Waals surface area contributed by atoms with Crippen LogP contribution in [0.1, 0.15) is 0 Å². The van der Waals surface area contributed by atoms with E-state index in [9.17, 15) is 4.79 Å². The van der Waals surface area contributed by atoms with E-state index in [4.69, 9.17) is 15.5 Å². The molecule has 6 heteroatoms. The topological polar surface area (TPSA) is 81.0 Å². The third-order valence-electron chi connectivity index (χ3n) is 0.277. The van der Waals surface area contributed by atoms with Crippen molar-refractivity contribution < 1.29 is 20.3 Å². The van der Waals surface area contributed by atoms with Gasteiger partial charge in [-0.1, -0.05) is 5.23 Å². The second-order valence-electron chi connectivity index (χ2n) is 0.924. The van der Waals surface area contributed by atoms with Crippen molar-refractivity contribution in [3.8, 4) is 0 Å². The Balaban J connectivity index is 0. The van der Waals surface area contributed by atoms with Crippen LogP contribution in [0.5, 0.6) is 0 Å². The molecule has 0 heterocycles. The molecule has 0 aromatic carbocycles. The summed E-state index contributed by atoms with van der Waals surface area (Å²) >= 11 is 0. The summed E-state index contributed by atoms with van der Waals surface area (Å²) in [7, 11) is 0. The molecule has 5 nitrogen and oxygen atoms in total. The molecule has 0 fully saturated rings. The average Bonchev–Trinajstić information content (AvgIpc) is 1.27. The second-order valence-corrected chi connectivity index (χ2v) is 0.924. The molecule has 0 aliphatic rings. The first kappa shape index (κ1) is 11.2. The minimum atomic E-state index is -1.29.